The van der Waals surface area contributed by atoms with E-state index >= 15 is 0 Å². The Labute approximate surface area is 157 Å². The summed E-state index contributed by atoms with van der Waals surface area (Å²) in [6, 6.07) is 15.5. The first-order valence-electron chi connectivity index (χ1n) is 9.05. The lowest BCUT2D eigenvalue weighted by molar-refractivity contribution is -0.149. The fraction of sp³-hybridized carbons (Fsp3) is 0.286. The van der Waals surface area contributed by atoms with E-state index in [4.69, 9.17) is 4.74 Å². The molecule has 138 valence electrons. The fourth-order valence-corrected chi connectivity index (χ4v) is 3.49. The number of hydrogen-bond acceptors (Lipinski definition) is 4. The molecule has 0 unspecified atom stereocenters. The second kappa shape index (κ2) is 7.23. The minimum Gasteiger partial charge on any atom is -0.459 e. The van der Waals surface area contributed by atoms with Gasteiger partial charge in [0.15, 0.2) is 0 Å². The van der Waals surface area contributed by atoms with Crippen molar-refractivity contribution in [1.82, 2.24) is 14.3 Å². The van der Waals surface area contributed by atoms with E-state index in [0.717, 1.165) is 11.2 Å². The summed E-state index contributed by atoms with van der Waals surface area (Å²) < 4.78 is 7.31. The van der Waals surface area contributed by atoms with Crippen LogP contribution < -0.4 is 0 Å². The average molecular weight is 363 g/mol. The van der Waals surface area contributed by atoms with Crippen LogP contribution >= 0.6 is 0 Å². The second-order valence-electron chi connectivity index (χ2n) is 6.84. The predicted octanol–water partition coefficient (Wildman–Crippen LogP) is 2.99. The molecule has 27 heavy (non-hydrogen) atoms. The topological polar surface area (TPSA) is 63.9 Å². The summed E-state index contributed by atoms with van der Waals surface area (Å²) in [5, 5.41) is 0. The molecule has 1 amide bonds. The summed E-state index contributed by atoms with van der Waals surface area (Å²) in [4.78, 5) is 31.0. The number of aromatic nitrogens is 2. The van der Waals surface area contributed by atoms with Crippen molar-refractivity contribution < 1.29 is 14.3 Å². The maximum atomic E-state index is 12.4. The Morgan fingerprint density at radius 2 is 2.00 bits per heavy atom. The summed E-state index contributed by atoms with van der Waals surface area (Å²) in [5.74, 6) is -0.787. The predicted molar refractivity (Wildman–Crippen MR) is 99.7 cm³/mol. The summed E-state index contributed by atoms with van der Waals surface area (Å²) in [6.45, 7) is 2.48. The SMILES string of the molecule is C[C@@H](c1ccccc1)N1C[C@H](C(=O)OCc2cn3ccccc3n2)CC1=O. The Kier molecular flexibility index (Phi) is 4.62. The quantitative estimate of drug-likeness (QED) is 0.654. The number of benzene rings is 1. The number of hydrogen-bond donors (Lipinski definition) is 0. The van der Waals surface area contributed by atoms with Gasteiger partial charge in [0.2, 0.25) is 5.91 Å². The molecule has 0 radical (unpaired) electrons. The molecule has 1 aliphatic heterocycles. The van der Waals surface area contributed by atoms with Crippen LogP contribution in [0.15, 0.2) is 60.9 Å². The fourth-order valence-electron chi connectivity index (χ4n) is 3.49. The average Bonchev–Trinajstić information content (AvgIpc) is 3.29. The maximum absolute atomic E-state index is 12.4. The standard InChI is InChI=1S/C21H21N3O3/c1-15(16-7-3-2-4-8-16)24-12-17(11-20(24)25)21(26)27-14-18-13-23-10-6-5-9-19(23)22-18/h2-10,13,15,17H,11-12,14H2,1H3/t15-,17+/m0/s1. The van der Waals surface area contributed by atoms with Crippen molar-refractivity contribution in [1.29, 1.82) is 0 Å². The highest BCUT2D eigenvalue weighted by atomic mass is 16.5. The number of carbonyl (C=O) groups excluding carboxylic acids is 2. The zero-order valence-corrected chi connectivity index (χ0v) is 15.1. The number of carbonyl (C=O) groups is 2. The van der Waals surface area contributed by atoms with E-state index in [1.54, 1.807) is 4.90 Å². The Morgan fingerprint density at radius 3 is 2.78 bits per heavy atom. The zero-order chi connectivity index (χ0) is 18.8. The van der Waals surface area contributed by atoms with E-state index in [-0.39, 0.29) is 30.9 Å². The summed E-state index contributed by atoms with van der Waals surface area (Å²) in [7, 11) is 0. The number of likely N-dealkylation sites (tertiary alicyclic amines) is 1. The van der Waals surface area contributed by atoms with E-state index in [0.29, 0.717) is 12.2 Å². The minimum absolute atomic E-state index is 0.0129. The number of pyridine rings is 1. The Balaban J connectivity index is 1.37. The van der Waals surface area contributed by atoms with Gasteiger partial charge in [0.1, 0.15) is 12.3 Å². The third-order valence-corrected chi connectivity index (χ3v) is 5.02. The lowest BCUT2D eigenvalue weighted by Gasteiger charge is -2.25. The second-order valence-corrected chi connectivity index (χ2v) is 6.84. The first-order chi connectivity index (χ1) is 13.1. The number of fused-ring (bicyclic) bond motifs is 1. The number of nitrogens with zero attached hydrogens (tertiary/aromatic N) is 3. The van der Waals surface area contributed by atoms with Crippen LogP contribution in [0.1, 0.15) is 30.6 Å². The van der Waals surface area contributed by atoms with E-state index < -0.39 is 5.92 Å². The van der Waals surface area contributed by atoms with Gasteiger partial charge >= 0.3 is 5.97 Å². The molecule has 2 atom stereocenters. The van der Waals surface area contributed by atoms with Crippen LogP contribution in [0.5, 0.6) is 0 Å². The maximum Gasteiger partial charge on any atom is 0.311 e. The van der Waals surface area contributed by atoms with Gasteiger partial charge in [-0.15, -0.1) is 0 Å². The van der Waals surface area contributed by atoms with Crippen molar-refractivity contribution in [3.05, 3.63) is 72.2 Å². The Bertz CT molecular complexity index is 934. The largest absolute Gasteiger partial charge is 0.459 e. The third-order valence-electron chi connectivity index (χ3n) is 5.02. The van der Waals surface area contributed by atoms with Gasteiger partial charge in [-0.05, 0) is 24.6 Å². The number of amides is 1. The molecule has 1 fully saturated rings. The molecule has 1 aromatic carbocycles. The molecule has 0 N–H and O–H groups in total. The van der Waals surface area contributed by atoms with Crippen LogP contribution in [0.25, 0.3) is 5.65 Å². The molecule has 4 rings (SSSR count). The molecule has 0 aliphatic carbocycles. The molecular weight excluding hydrogens is 342 g/mol. The van der Waals surface area contributed by atoms with Gasteiger partial charge in [-0.1, -0.05) is 36.4 Å². The van der Waals surface area contributed by atoms with Crippen molar-refractivity contribution in [2.24, 2.45) is 5.92 Å². The van der Waals surface area contributed by atoms with Crippen molar-refractivity contribution in [2.75, 3.05) is 6.54 Å². The van der Waals surface area contributed by atoms with Gasteiger partial charge in [-0.3, -0.25) is 9.59 Å². The van der Waals surface area contributed by atoms with Gasteiger partial charge in [0, 0.05) is 25.4 Å². The number of imidazole rings is 1. The molecule has 0 spiro atoms. The Hall–Kier alpha value is -3.15. The van der Waals surface area contributed by atoms with E-state index in [1.807, 2.05) is 72.2 Å². The first-order valence-corrected chi connectivity index (χ1v) is 9.05. The van der Waals surface area contributed by atoms with E-state index in [2.05, 4.69) is 4.98 Å². The van der Waals surface area contributed by atoms with Crippen LogP contribution in [0.4, 0.5) is 0 Å². The van der Waals surface area contributed by atoms with Crippen LogP contribution in [0, 0.1) is 5.92 Å². The van der Waals surface area contributed by atoms with Gasteiger partial charge in [0.05, 0.1) is 17.7 Å². The smallest absolute Gasteiger partial charge is 0.311 e. The molecule has 3 aromatic rings. The van der Waals surface area contributed by atoms with Crippen molar-refractivity contribution in [3.8, 4) is 0 Å². The molecular formula is C21H21N3O3. The molecule has 6 heteroatoms. The molecule has 0 saturated carbocycles. The van der Waals surface area contributed by atoms with Crippen LogP contribution in [0.3, 0.4) is 0 Å². The van der Waals surface area contributed by atoms with Gasteiger partial charge in [-0.25, -0.2) is 4.98 Å². The summed E-state index contributed by atoms with van der Waals surface area (Å²) in [6.07, 6.45) is 3.93. The van der Waals surface area contributed by atoms with E-state index in [1.165, 1.54) is 0 Å². The lowest BCUT2D eigenvalue weighted by Crippen LogP contribution is -2.29. The number of rotatable bonds is 5. The van der Waals surface area contributed by atoms with Crippen molar-refractivity contribution in [3.63, 3.8) is 0 Å². The van der Waals surface area contributed by atoms with Crippen LogP contribution in [-0.4, -0.2) is 32.7 Å². The highest BCUT2D eigenvalue weighted by molar-refractivity contribution is 5.87. The molecule has 6 nitrogen and oxygen atoms in total. The lowest BCUT2D eigenvalue weighted by atomic mass is 10.1. The van der Waals surface area contributed by atoms with Gasteiger partial charge in [0.25, 0.3) is 0 Å². The highest BCUT2D eigenvalue weighted by Gasteiger charge is 2.37. The van der Waals surface area contributed by atoms with Crippen molar-refractivity contribution in [2.45, 2.75) is 26.0 Å². The summed E-state index contributed by atoms with van der Waals surface area (Å²) >= 11 is 0. The number of ether oxygens (including phenoxy) is 1. The third kappa shape index (κ3) is 3.56. The monoisotopic (exact) mass is 363 g/mol. The molecule has 2 aromatic heterocycles. The van der Waals surface area contributed by atoms with Crippen LogP contribution in [-0.2, 0) is 20.9 Å². The number of esters is 1. The van der Waals surface area contributed by atoms with E-state index in [9.17, 15) is 9.59 Å². The first kappa shape index (κ1) is 17.3. The molecule has 1 aliphatic rings. The highest BCUT2D eigenvalue weighted by Crippen LogP contribution is 2.29. The Morgan fingerprint density at radius 1 is 1.22 bits per heavy atom. The van der Waals surface area contributed by atoms with Crippen molar-refractivity contribution >= 4 is 17.5 Å². The van der Waals surface area contributed by atoms with Gasteiger partial charge < -0.3 is 14.0 Å². The molecule has 0 bridgehead atoms. The normalized spacial score (nSPS) is 18.0. The van der Waals surface area contributed by atoms with Gasteiger partial charge in [-0.2, -0.15) is 0 Å². The molecule has 3 heterocycles. The molecule has 1 saturated heterocycles. The minimum atomic E-state index is -0.430. The van der Waals surface area contributed by atoms with Crippen LogP contribution in [0.2, 0.25) is 0 Å². The summed E-state index contributed by atoms with van der Waals surface area (Å²) in [5.41, 5.74) is 2.56. The zero-order valence-electron chi connectivity index (χ0n) is 15.1.